The second kappa shape index (κ2) is 6.45. The molecule has 0 spiro atoms. The van der Waals surface area contributed by atoms with E-state index >= 15 is 0 Å². The van der Waals surface area contributed by atoms with E-state index in [2.05, 4.69) is 42.5 Å². The molecule has 3 nitrogen and oxygen atoms in total. The van der Waals surface area contributed by atoms with Gasteiger partial charge in [0, 0.05) is 17.6 Å². The predicted octanol–water partition coefficient (Wildman–Crippen LogP) is 5.09. The molecule has 0 fully saturated rings. The molecule has 4 heteroatoms. The van der Waals surface area contributed by atoms with Gasteiger partial charge in [0.2, 0.25) is 0 Å². The highest BCUT2D eigenvalue weighted by atomic mass is 19.1. The van der Waals surface area contributed by atoms with Crippen LogP contribution in [0.15, 0.2) is 66.4 Å². The largest absolute Gasteiger partial charge is 0.384 e. The van der Waals surface area contributed by atoms with Crippen molar-refractivity contribution in [2.24, 2.45) is 5.41 Å². The summed E-state index contributed by atoms with van der Waals surface area (Å²) in [5.74, 6) is -0.235. The van der Waals surface area contributed by atoms with E-state index in [1.165, 1.54) is 23.3 Å². The van der Waals surface area contributed by atoms with Crippen molar-refractivity contribution in [3.63, 3.8) is 0 Å². The maximum Gasteiger partial charge on any atom is 0.123 e. The molecule has 1 aromatic heterocycles. The van der Waals surface area contributed by atoms with Crippen molar-refractivity contribution in [1.82, 2.24) is 9.78 Å². The van der Waals surface area contributed by atoms with Gasteiger partial charge in [-0.1, -0.05) is 30.7 Å². The van der Waals surface area contributed by atoms with Crippen LogP contribution in [0.4, 0.5) is 10.1 Å². The third-order valence-corrected chi connectivity index (χ3v) is 5.30. The van der Waals surface area contributed by atoms with Crippen molar-refractivity contribution >= 4 is 11.8 Å². The Balaban J connectivity index is 1.60. The quantitative estimate of drug-likeness (QED) is 0.712. The Morgan fingerprint density at radius 2 is 1.85 bits per heavy atom. The molecule has 0 unspecified atom stereocenters. The summed E-state index contributed by atoms with van der Waals surface area (Å²) in [6.45, 7) is 5.32. The van der Waals surface area contributed by atoms with Gasteiger partial charge in [-0.2, -0.15) is 5.10 Å². The summed E-state index contributed by atoms with van der Waals surface area (Å²) in [5.41, 5.74) is 5.66. The van der Waals surface area contributed by atoms with Gasteiger partial charge in [-0.3, -0.25) is 0 Å². The Morgan fingerprint density at radius 3 is 2.58 bits per heavy atom. The fourth-order valence-electron chi connectivity index (χ4n) is 3.46. The first-order chi connectivity index (χ1) is 12.5. The summed E-state index contributed by atoms with van der Waals surface area (Å²) < 4.78 is 15.1. The average molecular weight is 347 g/mol. The van der Waals surface area contributed by atoms with E-state index in [0.29, 0.717) is 0 Å². The highest BCUT2D eigenvalue weighted by Crippen LogP contribution is 2.39. The third kappa shape index (κ3) is 3.03. The molecule has 132 valence electrons. The predicted molar refractivity (Wildman–Crippen MR) is 104 cm³/mol. The van der Waals surface area contributed by atoms with Crippen molar-refractivity contribution in [2.75, 3.05) is 11.9 Å². The van der Waals surface area contributed by atoms with Crippen molar-refractivity contribution in [3.8, 4) is 5.69 Å². The van der Waals surface area contributed by atoms with Crippen molar-refractivity contribution in [3.05, 3.63) is 83.4 Å². The number of rotatable bonds is 4. The molecule has 1 atom stereocenters. The number of fused-ring (bicyclic) bond motifs is 1. The molecule has 0 amide bonds. The van der Waals surface area contributed by atoms with Crippen LogP contribution in [0, 0.1) is 11.2 Å². The van der Waals surface area contributed by atoms with E-state index in [1.807, 2.05) is 29.1 Å². The van der Waals surface area contributed by atoms with Gasteiger partial charge in [-0.05, 0) is 61.4 Å². The number of halogens is 1. The number of hydrogen-bond donors (Lipinski definition) is 1. The topological polar surface area (TPSA) is 29.9 Å². The maximum absolute atomic E-state index is 13.2. The molecule has 1 heterocycles. The van der Waals surface area contributed by atoms with E-state index in [-0.39, 0.29) is 11.2 Å². The number of benzene rings is 2. The molecule has 1 aliphatic rings. The lowest BCUT2D eigenvalue weighted by Crippen LogP contribution is -2.32. The highest BCUT2D eigenvalue weighted by molar-refractivity contribution is 5.61. The zero-order valence-electron chi connectivity index (χ0n) is 15.0. The Kier molecular flexibility index (Phi) is 4.11. The van der Waals surface area contributed by atoms with E-state index in [4.69, 9.17) is 0 Å². The van der Waals surface area contributed by atoms with Crippen molar-refractivity contribution in [1.29, 1.82) is 0 Å². The summed E-state index contributed by atoms with van der Waals surface area (Å²) >= 11 is 0. The van der Waals surface area contributed by atoms with Crippen LogP contribution in [-0.2, 0) is 6.42 Å². The molecule has 0 saturated heterocycles. The Labute approximate surface area is 153 Å². The van der Waals surface area contributed by atoms with Gasteiger partial charge in [0.1, 0.15) is 5.82 Å². The SMILES string of the molecule is CC1=Cc2c(cnn2-c2ccc(F)cc2)C[C@]1(C)CNc1ccccc1. The summed E-state index contributed by atoms with van der Waals surface area (Å²) in [6.07, 6.45) is 5.07. The van der Waals surface area contributed by atoms with Crippen LogP contribution in [0.2, 0.25) is 0 Å². The van der Waals surface area contributed by atoms with Crippen LogP contribution in [-0.4, -0.2) is 16.3 Å². The molecule has 3 aromatic rings. The highest BCUT2D eigenvalue weighted by Gasteiger charge is 2.32. The lowest BCUT2D eigenvalue weighted by molar-refractivity contribution is 0.418. The Bertz CT molecular complexity index is 941. The number of nitrogens with zero attached hydrogens (tertiary/aromatic N) is 2. The number of para-hydroxylation sites is 1. The van der Waals surface area contributed by atoms with Crippen LogP contribution in [0.3, 0.4) is 0 Å². The lowest BCUT2D eigenvalue weighted by atomic mass is 9.74. The maximum atomic E-state index is 13.2. The van der Waals surface area contributed by atoms with E-state index in [1.54, 1.807) is 12.1 Å². The van der Waals surface area contributed by atoms with E-state index in [0.717, 1.165) is 30.0 Å². The van der Waals surface area contributed by atoms with Gasteiger partial charge in [-0.25, -0.2) is 9.07 Å². The molecule has 2 aromatic carbocycles. The zero-order valence-corrected chi connectivity index (χ0v) is 15.0. The first-order valence-electron chi connectivity index (χ1n) is 8.86. The molecule has 0 bridgehead atoms. The first kappa shape index (κ1) is 16.6. The number of nitrogens with one attached hydrogen (secondary N) is 1. The van der Waals surface area contributed by atoms with Crippen LogP contribution in [0.5, 0.6) is 0 Å². The van der Waals surface area contributed by atoms with Gasteiger partial charge in [0.05, 0.1) is 17.6 Å². The number of anilines is 1. The molecule has 1 N–H and O–H groups in total. The monoisotopic (exact) mass is 347 g/mol. The number of hydrogen-bond acceptors (Lipinski definition) is 2. The summed E-state index contributed by atoms with van der Waals surface area (Å²) in [4.78, 5) is 0. The molecule has 4 rings (SSSR count). The minimum absolute atomic E-state index is 0.0273. The molecule has 0 saturated carbocycles. The summed E-state index contributed by atoms with van der Waals surface area (Å²) in [5, 5.41) is 8.10. The second-order valence-electron chi connectivity index (χ2n) is 7.23. The Hall–Kier alpha value is -2.88. The second-order valence-corrected chi connectivity index (χ2v) is 7.23. The van der Waals surface area contributed by atoms with E-state index in [9.17, 15) is 4.39 Å². The van der Waals surface area contributed by atoms with Gasteiger partial charge >= 0.3 is 0 Å². The first-order valence-corrected chi connectivity index (χ1v) is 8.86. The Morgan fingerprint density at radius 1 is 1.12 bits per heavy atom. The lowest BCUT2D eigenvalue weighted by Gasteiger charge is -2.34. The normalized spacial score (nSPS) is 19.0. The average Bonchev–Trinajstić information content (AvgIpc) is 3.04. The van der Waals surface area contributed by atoms with E-state index < -0.39 is 0 Å². The third-order valence-electron chi connectivity index (χ3n) is 5.30. The standard InChI is InChI=1S/C22H22FN3/c1-16-12-21-17(14-25-26(21)20-10-8-18(23)9-11-20)13-22(16,2)15-24-19-6-4-3-5-7-19/h3-12,14,24H,13,15H2,1-2H3/t22-/m1/s1. The van der Waals surface area contributed by atoms with Crippen LogP contribution in [0.1, 0.15) is 25.1 Å². The molecule has 0 aliphatic heterocycles. The summed E-state index contributed by atoms with van der Waals surface area (Å²) in [7, 11) is 0. The minimum Gasteiger partial charge on any atom is -0.384 e. The zero-order chi connectivity index (χ0) is 18.1. The fourth-order valence-corrected chi connectivity index (χ4v) is 3.46. The molecule has 26 heavy (non-hydrogen) atoms. The van der Waals surface area contributed by atoms with Gasteiger partial charge in [0.25, 0.3) is 0 Å². The van der Waals surface area contributed by atoms with Gasteiger partial charge in [-0.15, -0.1) is 0 Å². The fraction of sp³-hybridized carbons (Fsp3) is 0.227. The van der Waals surface area contributed by atoms with Crippen LogP contribution in [0.25, 0.3) is 11.8 Å². The van der Waals surface area contributed by atoms with Crippen molar-refractivity contribution in [2.45, 2.75) is 20.3 Å². The molecule has 0 radical (unpaired) electrons. The van der Waals surface area contributed by atoms with Crippen LogP contribution >= 0.6 is 0 Å². The molecular formula is C22H22FN3. The smallest absolute Gasteiger partial charge is 0.123 e. The summed E-state index contributed by atoms with van der Waals surface area (Å²) in [6, 6.07) is 16.7. The molecular weight excluding hydrogens is 325 g/mol. The van der Waals surface area contributed by atoms with Crippen molar-refractivity contribution < 1.29 is 4.39 Å². The number of aromatic nitrogens is 2. The van der Waals surface area contributed by atoms with Crippen LogP contribution < -0.4 is 5.32 Å². The van der Waals surface area contributed by atoms with Gasteiger partial charge < -0.3 is 5.32 Å². The van der Waals surface area contributed by atoms with Gasteiger partial charge in [0.15, 0.2) is 0 Å². The minimum atomic E-state index is -0.235. The molecule has 1 aliphatic carbocycles.